The molecule has 10 heteroatoms. The number of halogens is 2. The van der Waals surface area contributed by atoms with Crippen LogP contribution in [-0.2, 0) is 10.0 Å². The number of aryl methyl sites for hydroxylation is 2. The van der Waals surface area contributed by atoms with Crippen molar-refractivity contribution in [3.63, 3.8) is 0 Å². The first-order valence-corrected chi connectivity index (χ1v) is 7.19. The first-order chi connectivity index (χ1) is 8.79. The molecule has 0 atom stereocenters. The maximum atomic E-state index is 12.2. The van der Waals surface area contributed by atoms with E-state index in [0.29, 0.717) is 0 Å². The van der Waals surface area contributed by atoms with E-state index in [1.165, 1.54) is 19.9 Å². The van der Waals surface area contributed by atoms with E-state index in [2.05, 4.69) is 19.8 Å². The van der Waals surface area contributed by atoms with E-state index in [1.54, 1.807) is 0 Å². The van der Waals surface area contributed by atoms with Crippen LogP contribution in [0.1, 0.15) is 11.5 Å². The second-order valence-corrected chi connectivity index (χ2v) is 5.95. The zero-order chi connectivity index (χ0) is 14.2. The molecule has 102 valence electrons. The van der Waals surface area contributed by atoms with Crippen LogP contribution in [0.5, 0.6) is 0 Å². The van der Waals surface area contributed by atoms with E-state index in [4.69, 9.17) is 27.7 Å². The van der Waals surface area contributed by atoms with Crippen molar-refractivity contribution in [2.24, 2.45) is 0 Å². The van der Waals surface area contributed by atoms with Crippen molar-refractivity contribution in [1.29, 1.82) is 0 Å². The fraction of sp³-hybridized carbons (Fsp3) is 0.222. The van der Waals surface area contributed by atoms with Crippen molar-refractivity contribution in [1.82, 2.24) is 15.1 Å². The lowest BCUT2D eigenvalue weighted by molar-refractivity contribution is 0.390. The van der Waals surface area contributed by atoms with E-state index >= 15 is 0 Å². The van der Waals surface area contributed by atoms with E-state index < -0.39 is 10.0 Å². The summed E-state index contributed by atoms with van der Waals surface area (Å²) in [5, 5.41) is 3.44. The third-order valence-corrected chi connectivity index (χ3v) is 4.10. The molecule has 0 aliphatic carbocycles. The van der Waals surface area contributed by atoms with Gasteiger partial charge in [0.15, 0.2) is 10.7 Å². The molecule has 0 fully saturated rings. The van der Waals surface area contributed by atoms with Gasteiger partial charge < -0.3 is 4.52 Å². The highest BCUT2D eigenvalue weighted by molar-refractivity contribution is 7.92. The predicted octanol–water partition coefficient (Wildman–Crippen LogP) is 2.19. The Morgan fingerprint density at radius 3 is 2.47 bits per heavy atom. The summed E-state index contributed by atoms with van der Waals surface area (Å²) in [5.41, 5.74) is 0.247. The molecule has 0 aromatic carbocycles. The zero-order valence-electron chi connectivity index (χ0n) is 9.81. The Labute approximate surface area is 119 Å². The summed E-state index contributed by atoms with van der Waals surface area (Å²) in [6.45, 7) is 3.01. The minimum absolute atomic E-state index is 0.0245. The van der Waals surface area contributed by atoms with Crippen LogP contribution in [0.15, 0.2) is 15.5 Å². The minimum atomic E-state index is -3.88. The van der Waals surface area contributed by atoms with Crippen molar-refractivity contribution in [2.45, 2.75) is 18.7 Å². The largest absolute Gasteiger partial charge is 0.360 e. The molecule has 0 aliphatic rings. The Bertz CT molecular complexity index is 689. The summed E-state index contributed by atoms with van der Waals surface area (Å²) in [6, 6.07) is 1.24. The summed E-state index contributed by atoms with van der Waals surface area (Å²) in [4.78, 5) is 7.29. The third-order valence-electron chi connectivity index (χ3n) is 2.14. The number of anilines is 1. The molecule has 1 N–H and O–H groups in total. The molecule has 7 nitrogen and oxygen atoms in total. The lowest BCUT2D eigenvalue weighted by Gasteiger charge is -2.06. The Kier molecular flexibility index (Phi) is 3.66. The average Bonchev–Trinajstić information content (AvgIpc) is 2.56. The van der Waals surface area contributed by atoms with Crippen molar-refractivity contribution < 1.29 is 12.9 Å². The summed E-state index contributed by atoms with van der Waals surface area (Å²) in [5.74, 6) is 0.140. The first kappa shape index (κ1) is 14.0. The predicted molar refractivity (Wildman–Crippen MR) is 68.8 cm³/mol. The maximum absolute atomic E-state index is 12.2. The lowest BCUT2D eigenvalue weighted by Crippen LogP contribution is -2.15. The Hall–Kier alpha value is -1.38. The van der Waals surface area contributed by atoms with Crippen LogP contribution in [0.2, 0.25) is 10.4 Å². The van der Waals surface area contributed by atoms with Gasteiger partial charge in [-0.15, -0.1) is 0 Å². The third kappa shape index (κ3) is 2.96. The second-order valence-electron chi connectivity index (χ2n) is 3.60. The van der Waals surface area contributed by atoms with Crippen LogP contribution in [-0.4, -0.2) is 23.5 Å². The van der Waals surface area contributed by atoms with Gasteiger partial charge in [-0.05, 0) is 25.4 Å². The SMILES string of the molecule is Cc1noc(C)c1S(=O)(=O)Nc1cc(Cl)nc(Cl)n1. The highest BCUT2D eigenvalue weighted by Gasteiger charge is 2.24. The van der Waals surface area contributed by atoms with Crippen LogP contribution in [0, 0.1) is 13.8 Å². The molecule has 2 heterocycles. The molecule has 0 saturated carbocycles. The van der Waals surface area contributed by atoms with Crippen molar-refractivity contribution >= 4 is 39.0 Å². The fourth-order valence-corrected chi connectivity index (χ4v) is 3.22. The van der Waals surface area contributed by atoms with Gasteiger partial charge in [0, 0.05) is 6.07 Å². The summed E-state index contributed by atoms with van der Waals surface area (Å²) < 4.78 is 31.4. The molecule has 0 bridgehead atoms. The van der Waals surface area contributed by atoms with Crippen LogP contribution in [0.25, 0.3) is 0 Å². The van der Waals surface area contributed by atoms with Gasteiger partial charge in [-0.1, -0.05) is 16.8 Å². The molecule has 2 rings (SSSR count). The molecular formula is C9H8Cl2N4O3S. The Morgan fingerprint density at radius 1 is 1.26 bits per heavy atom. The van der Waals surface area contributed by atoms with Crippen LogP contribution in [0.3, 0.4) is 0 Å². The Balaban J connectivity index is 2.42. The lowest BCUT2D eigenvalue weighted by atomic mass is 10.4. The van der Waals surface area contributed by atoms with Gasteiger partial charge in [-0.2, -0.15) is 4.98 Å². The fourth-order valence-electron chi connectivity index (χ4n) is 1.49. The van der Waals surface area contributed by atoms with Gasteiger partial charge >= 0.3 is 0 Å². The minimum Gasteiger partial charge on any atom is -0.360 e. The molecule has 19 heavy (non-hydrogen) atoms. The van der Waals surface area contributed by atoms with Gasteiger partial charge in [-0.25, -0.2) is 13.4 Å². The molecule has 0 spiro atoms. The second kappa shape index (κ2) is 4.95. The first-order valence-electron chi connectivity index (χ1n) is 4.95. The summed E-state index contributed by atoms with van der Waals surface area (Å²) >= 11 is 11.3. The Morgan fingerprint density at radius 2 is 1.95 bits per heavy atom. The quantitative estimate of drug-likeness (QED) is 0.687. The van der Waals surface area contributed by atoms with Crippen molar-refractivity contribution in [3.8, 4) is 0 Å². The van der Waals surface area contributed by atoms with Crippen LogP contribution >= 0.6 is 23.2 Å². The van der Waals surface area contributed by atoms with E-state index in [0.717, 1.165) is 0 Å². The summed E-state index contributed by atoms with van der Waals surface area (Å²) in [7, 11) is -3.88. The zero-order valence-corrected chi connectivity index (χ0v) is 12.1. The number of rotatable bonds is 3. The molecule has 2 aromatic heterocycles. The van der Waals surface area contributed by atoms with E-state index in [-0.39, 0.29) is 32.6 Å². The molecule has 0 unspecified atom stereocenters. The van der Waals surface area contributed by atoms with E-state index in [1.807, 2.05) is 0 Å². The number of hydrogen-bond acceptors (Lipinski definition) is 6. The molecular weight excluding hydrogens is 315 g/mol. The topological polar surface area (TPSA) is 98.0 Å². The molecule has 0 amide bonds. The number of hydrogen-bond donors (Lipinski definition) is 1. The van der Waals surface area contributed by atoms with Crippen molar-refractivity contribution in [3.05, 3.63) is 28.0 Å². The van der Waals surface area contributed by atoms with Gasteiger partial charge in [0.25, 0.3) is 10.0 Å². The van der Waals surface area contributed by atoms with Gasteiger partial charge in [0.2, 0.25) is 5.28 Å². The van der Waals surface area contributed by atoms with Gasteiger partial charge in [-0.3, -0.25) is 4.72 Å². The van der Waals surface area contributed by atoms with Gasteiger partial charge in [0.1, 0.15) is 16.7 Å². The molecule has 0 saturated heterocycles. The number of nitrogens with one attached hydrogen (secondary N) is 1. The number of aromatic nitrogens is 3. The molecule has 2 aromatic rings. The average molecular weight is 323 g/mol. The normalized spacial score (nSPS) is 11.6. The van der Waals surface area contributed by atoms with Crippen LogP contribution in [0.4, 0.5) is 5.82 Å². The molecule has 0 aliphatic heterocycles. The number of nitrogens with zero attached hydrogens (tertiary/aromatic N) is 3. The van der Waals surface area contributed by atoms with Gasteiger partial charge in [0.05, 0.1) is 0 Å². The highest BCUT2D eigenvalue weighted by Crippen LogP contribution is 2.23. The monoisotopic (exact) mass is 322 g/mol. The standard InChI is InChI=1S/C9H8Cl2N4O3S/c1-4-8(5(2)18-14-4)19(16,17)15-7-3-6(10)12-9(11)13-7/h3H,1-2H3,(H,12,13,15). The highest BCUT2D eigenvalue weighted by atomic mass is 35.5. The number of sulfonamides is 1. The van der Waals surface area contributed by atoms with Crippen molar-refractivity contribution in [2.75, 3.05) is 4.72 Å². The van der Waals surface area contributed by atoms with Crippen LogP contribution < -0.4 is 4.72 Å². The summed E-state index contributed by atoms with van der Waals surface area (Å²) in [6.07, 6.45) is 0. The smallest absolute Gasteiger partial charge is 0.268 e. The molecule has 0 radical (unpaired) electrons. The van der Waals surface area contributed by atoms with E-state index in [9.17, 15) is 8.42 Å². The maximum Gasteiger partial charge on any atom is 0.268 e.